The third-order valence-corrected chi connectivity index (χ3v) is 4.84. The van der Waals surface area contributed by atoms with Crippen LogP contribution in [0.25, 0.3) is 0 Å². The van der Waals surface area contributed by atoms with E-state index in [2.05, 4.69) is 6.92 Å². The number of nitrogens with zero attached hydrogens (tertiary/aromatic N) is 1. The molecule has 4 unspecified atom stereocenters. The average molecular weight is 268 g/mol. The van der Waals surface area contributed by atoms with Crippen molar-refractivity contribution in [2.45, 2.75) is 45.1 Å². The van der Waals surface area contributed by atoms with E-state index in [0.717, 1.165) is 45.4 Å². The third kappa shape index (κ3) is 3.69. The van der Waals surface area contributed by atoms with Crippen molar-refractivity contribution in [3.63, 3.8) is 0 Å². The topological polar surface area (TPSA) is 55.6 Å². The number of amides is 1. The molecular weight excluding hydrogens is 240 g/mol. The van der Waals surface area contributed by atoms with E-state index in [1.54, 1.807) is 0 Å². The minimum absolute atomic E-state index is 0.123. The van der Waals surface area contributed by atoms with Gasteiger partial charge in [0.25, 0.3) is 0 Å². The van der Waals surface area contributed by atoms with Crippen LogP contribution in [0.4, 0.5) is 0 Å². The Morgan fingerprint density at radius 1 is 1.32 bits per heavy atom. The fraction of sp³-hybridized carbons (Fsp3) is 0.933. The SMILES string of the molecule is CC1C(N)CCCC1C(=O)N(C)CC1CCCOC1. The van der Waals surface area contributed by atoms with Crippen LogP contribution in [0.3, 0.4) is 0 Å². The van der Waals surface area contributed by atoms with Crippen molar-refractivity contribution in [1.82, 2.24) is 4.90 Å². The molecule has 0 bridgehead atoms. The van der Waals surface area contributed by atoms with Crippen molar-refractivity contribution in [2.24, 2.45) is 23.5 Å². The molecule has 0 aromatic rings. The van der Waals surface area contributed by atoms with Gasteiger partial charge in [-0.2, -0.15) is 0 Å². The quantitative estimate of drug-likeness (QED) is 0.846. The van der Waals surface area contributed by atoms with Crippen LogP contribution < -0.4 is 5.73 Å². The Kier molecular flexibility index (Phi) is 5.22. The van der Waals surface area contributed by atoms with Gasteiger partial charge in [-0.3, -0.25) is 4.79 Å². The molecule has 1 saturated carbocycles. The number of hydrogen-bond donors (Lipinski definition) is 1. The van der Waals surface area contributed by atoms with Crippen LogP contribution in [0.1, 0.15) is 39.0 Å². The Bertz CT molecular complexity index is 303. The first-order valence-corrected chi connectivity index (χ1v) is 7.68. The van der Waals surface area contributed by atoms with E-state index < -0.39 is 0 Å². The van der Waals surface area contributed by atoms with Crippen molar-refractivity contribution < 1.29 is 9.53 Å². The van der Waals surface area contributed by atoms with Gasteiger partial charge in [0, 0.05) is 32.2 Å². The second-order valence-electron chi connectivity index (χ2n) is 6.36. The highest BCUT2D eigenvalue weighted by Gasteiger charge is 2.34. The highest BCUT2D eigenvalue weighted by Crippen LogP contribution is 2.30. The maximum atomic E-state index is 12.6. The lowest BCUT2D eigenvalue weighted by Crippen LogP contribution is -2.46. The predicted octanol–water partition coefficient (Wildman–Crippen LogP) is 1.63. The van der Waals surface area contributed by atoms with Gasteiger partial charge in [-0.15, -0.1) is 0 Å². The maximum Gasteiger partial charge on any atom is 0.225 e. The van der Waals surface area contributed by atoms with E-state index in [1.807, 2.05) is 11.9 Å². The van der Waals surface area contributed by atoms with Gasteiger partial charge in [0.2, 0.25) is 5.91 Å². The smallest absolute Gasteiger partial charge is 0.225 e. The lowest BCUT2D eigenvalue weighted by molar-refractivity contribution is -0.138. The molecule has 1 amide bonds. The standard InChI is InChI=1S/C15H28N2O2/c1-11-13(6-3-7-14(11)16)15(18)17(2)9-12-5-4-8-19-10-12/h11-14H,3-10,16H2,1-2H3. The summed E-state index contributed by atoms with van der Waals surface area (Å²) in [7, 11) is 1.93. The van der Waals surface area contributed by atoms with Crippen LogP contribution in [-0.2, 0) is 9.53 Å². The first-order chi connectivity index (χ1) is 9.09. The highest BCUT2D eigenvalue weighted by atomic mass is 16.5. The fourth-order valence-electron chi connectivity index (χ4n) is 3.46. The minimum atomic E-state index is 0.123. The minimum Gasteiger partial charge on any atom is -0.381 e. The van der Waals surface area contributed by atoms with Crippen LogP contribution >= 0.6 is 0 Å². The zero-order valence-corrected chi connectivity index (χ0v) is 12.3. The molecule has 0 spiro atoms. The van der Waals surface area contributed by atoms with Gasteiger partial charge in [0.15, 0.2) is 0 Å². The first-order valence-electron chi connectivity index (χ1n) is 7.68. The van der Waals surface area contributed by atoms with E-state index in [0.29, 0.717) is 11.8 Å². The molecule has 4 heteroatoms. The highest BCUT2D eigenvalue weighted by molar-refractivity contribution is 5.79. The van der Waals surface area contributed by atoms with Gasteiger partial charge < -0.3 is 15.4 Å². The molecule has 2 aliphatic rings. The molecular formula is C15H28N2O2. The summed E-state index contributed by atoms with van der Waals surface area (Å²) in [4.78, 5) is 14.5. The molecule has 1 saturated heterocycles. The number of carbonyl (C=O) groups is 1. The van der Waals surface area contributed by atoms with Gasteiger partial charge in [-0.05, 0) is 37.5 Å². The third-order valence-electron chi connectivity index (χ3n) is 4.84. The number of carbonyl (C=O) groups excluding carboxylic acids is 1. The number of ether oxygens (including phenoxy) is 1. The molecule has 1 heterocycles. The molecule has 19 heavy (non-hydrogen) atoms. The van der Waals surface area contributed by atoms with Gasteiger partial charge in [0.05, 0.1) is 6.61 Å². The number of nitrogens with two attached hydrogens (primary N) is 1. The van der Waals surface area contributed by atoms with Gasteiger partial charge in [-0.25, -0.2) is 0 Å². The Labute approximate surface area is 116 Å². The zero-order chi connectivity index (χ0) is 13.8. The zero-order valence-electron chi connectivity index (χ0n) is 12.3. The summed E-state index contributed by atoms with van der Waals surface area (Å²) in [6, 6.07) is 0.189. The molecule has 1 aliphatic carbocycles. The Hall–Kier alpha value is -0.610. The molecule has 2 fully saturated rings. The monoisotopic (exact) mass is 268 g/mol. The molecule has 1 aliphatic heterocycles. The van der Waals surface area contributed by atoms with Gasteiger partial charge in [0.1, 0.15) is 0 Å². The summed E-state index contributed by atoms with van der Waals surface area (Å²) in [5, 5.41) is 0. The molecule has 4 atom stereocenters. The van der Waals surface area contributed by atoms with Crippen molar-refractivity contribution in [2.75, 3.05) is 26.8 Å². The second-order valence-corrected chi connectivity index (χ2v) is 6.36. The van der Waals surface area contributed by atoms with Gasteiger partial charge in [-0.1, -0.05) is 13.3 Å². The second kappa shape index (κ2) is 6.71. The summed E-state index contributed by atoms with van der Waals surface area (Å²) in [6.45, 7) is 4.64. The lowest BCUT2D eigenvalue weighted by Gasteiger charge is -2.36. The van der Waals surface area contributed by atoms with E-state index in [1.165, 1.54) is 6.42 Å². The van der Waals surface area contributed by atoms with Crippen molar-refractivity contribution >= 4 is 5.91 Å². The van der Waals surface area contributed by atoms with Crippen LogP contribution in [0.5, 0.6) is 0 Å². The van der Waals surface area contributed by atoms with Crippen LogP contribution in [0.15, 0.2) is 0 Å². The van der Waals surface area contributed by atoms with E-state index in [-0.39, 0.29) is 17.9 Å². The van der Waals surface area contributed by atoms with E-state index in [9.17, 15) is 4.79 Å². The fourth-order valence-corrected chi connectivity index (χ4v) is 3.46. The normalized spacial score (nSPS) is 35.9. The van der Waals surface area contributed by atoms with Crippen LogP contribution in [-0.4, -0.2) is 43.7 Å². The molecule has 4 nitrogen and oxygen atoms in total. The van der Waals surface area contributed by atoms with Crippen molar-refractivity contribution in [1.29, 1.82) is 0 Å². The van der Waals surface area contributed by atoms with E-state index >= 15 is 0 Å². The maximum absolute atomic E-state index is 12.6. The van der Waals surface area contributed by atoms with Crippen LogP contribution in [0, 0.1) is 17.8 Å². The van der Waals surface area contributed by atoms with Crippen molar-refractivity contribution in [3.05, 3.63) is 0 Å². The largest absolute Gasteiger partial charge is 0.381 e. The number of hydrogen-bond acceptors (Lipinski definition) is 3. The summed E-state index contributed by atoms with van der Waals surface area (Å²) >= 11 is 0. The van der Waals surface area contributed by atoms with Crippen LogP contribution in [0.2, 0.25) is 0 Å². The summed E-state index contributed by atoms with van der Waals surface area (Å²) in [6.07, 6.45) is 5.45. The lowest BCUT2D eigenvalue weighted by atomic mass is 9.76. The van der Waals surface area contributed by atoms with Gasteiger partial charge >= 0.3 is 0 Å². The molecule has 0 radical (unpaired) electrons. The predicted molar refractivity (Wildman–Crippen MR) is 75.7 cm³/mol. The Balaban J connectivity index is 1.86. The first kappa shape index (κ1) is 14.8. The number of rotatable bonds is 3. The van der Waals surface area contributed by atoms with Crippen molar-refractivity contribution in [3.8, 4) is 0 Å². The Morgan fingerprint density at radius 2 is 2.11 bits per heavy atom. The summed E-state index contributed by atoms with van der Waals surface area (Å²) < 4.78 is 5.49. The molecule has 2 rings (SSSR count). The molecule has 0 aromatic heterocycles. The summed E-state index contributed by atoms with van der Waals surface area (Å²) in [5.41, 5.74) is 6.10. The molecule has 110 valence electrons. The Morgan fingerprint density at radius 3 is 2.79 bits per heavy atom. The van der Waals surface area contributed by atoms with E-state index in [4.69, 9.17) is 10.5 Å². The average Bonchev–Trinajstić information content (AvgIpc) is 2.42. The molecule has 2 N–H and O–H groups in total. The summed E-state index contributed by atoms with van der Waals surface area (Å²) in [5.74, 6) is 1.23. The molecule has 0 aromatic carbocycles.